The lowest BCUT2D eigenvalue weighted by molar-refractivity contribution is 0.0224. The Bertz CT molecular complexity index is 409. The summed E-state index contributed by atoms with van der Waals surface area (Å²) in [7, 11) is 0. The van der Waals surface area contributed by atoms with E-state index in [0.717, 1.165) is 44.3 Å². The highest BCUT2D eigenvalue weighted by molar-refractivity contribution is 5.80. The number of aliphatic imine (C=N–C) groups is 1. The average molecular weight is 293 g/mol. The number of nitrogens with zero attached hydrogens (tertiary/aromatic N) is 1. The molecule has 0 amide bonds. The van der Waals surface area contributed by atoms with Crippen LogP contribution in [0, 0.1) is 0 Å². The van der Waals surface area contributed by atoms with Gasteiger partial charge in [0.1, 0.15) is 5.76 Å². The maximum atomic E-state index is 5.72. The minimum atomic E-state index is 0.273. The van der Waals surface area contributed by atoms with Crippen LogP contribution in [0.2, 0.25) is 0 Å². The molecule has 21 heavy (non-hydrogen) atoms. The first-order valence-corrected chi connectivity index (χ1v) is 7.93. The molecule has 0 bridgehead atoms. The van der Waals surface area contributed by atoms with Crippen molar-refractivity contribution in [3.63, 3.8) is 0 Å². The van der Waals surface area contributed by atoms with E-state index in [0.29, 0.717) is 6.04 Å². The van der Waals surface area contributed by atoms with E-state index in [-0.39, 0.29) is 6.10 Å². The fourth-order valence-electron chi connectivity index (χ4n) is 2.33. The normalized spacial score (nSPS) is 19.8. The number of ether oxygens (including phenoxy) is 1. The summed E-state index contributed by atoms with van der Waals surface area (Å²) in [5.74, 6) is 1.84. The van der Waals surface area contributed by atoms with E-state index in [4.69, 9.17) is 9.15 Å². The fraction of sp³-hybridized carbons (Fsp3) is 0.688. The Labute approximate surface area is 127 Å². The van der Waals surface area contributed by atoms with Gasteiger partial charge in [-0.2, -0.15) is 0 Å². The molecule has 5 nitrogen and oxygen atoms in total. The molecule has 1 saturated heterocycles. The number of hydrogen-bond acceptors (Lipinski definition) is 3. The first-order chi connectivity index (χ1) is 10.2. The molecule has 0 spiro atoms. The Hall–Kier alpha value is -1.49. The summed E-state index contributed by atoms with van der Waals surface area (Å²) < 4.78 is 11.1. The van der Waals surface area contributed by atoms with Crippen LogP contribution in [0.1, 0.15) is 38.9 Å². The minimum absolute atomic E-state index is 0.273. The quantitative estimate of drug-likeness (QED) is 0.624. The van der Waals surface area contributed by atoms with E-state index < -0.39 is 0 Å². The van der Waals surface area contributed by atoms with Crippen LogP contribution in [0.3, 0.4) is 0 Å². The van der Waals surface area contributed by atoms with Gasteiger partial charge in [-0.3, -0.25) is 4.99 Å². The van der Waals surface area contributed by atoms with Crippen LogP contribution in [0.4, 0.5) is 0 Å². The van der Waals surface area contributed by atoms with Crippen LogP contribution in [-0.4, -0.2) is 37.8 Å². The molecule has 2 N–H and O–H groups in total. The van der Waals surface area contributed by atoms with Gasteiger partial charge in [-0.1, -0.05) is 0 Å². The summed E-state index contributed by atoms with van der Waals surface area (Å²) >= 11 is 0. The first-order valence-electron chi connectivity index (χ1n) is 7.93. The average Bonchev–Trinajstić information content (AvgIpc) is 2.98. The maximum absolute atomic E-state index is 5.72. The zero-order valence-electron chi connectivity index (χ0n) is 13.1. The maximum Gasteiger partial charge on any atom is 0.191 e. The zero-order chi connectivity index (χ0) is 14.9. The second-order valence-corrected chi connectivity index (χ2v) is 5.73. The molecule has 1 aromatic heterocycles. The molecule has 0 aromatic carbocycles. The van der Waals surface area contributed by atoms with Crippen LogP contribution in [0.15, 0.2) is 27.8 Å². The van der Waals surface area contributed by atoms with Gasteiger partial charge < -0.3 is 19.8 Å². The molecule has 5 heteroatoms. The van der Waals surface area contributed by atoms with Gasteiger partial charge in [-0.15, -0.1) is 0 Å². The molecule has 0 aliphatic carbocycles. The molecule has 1 aromatic rings. The number of guanidine groups is 1. The predicted octanol–water partition coefficient (Wildman–Crippen LogP) is 2.33. The van der Waals surface area contributed by atoms with Crippen molar-refractivity contribution in [3.05, 3.63) is 24.2 Å². The van der Waals surface area contributed by atoms with E-state index in [1.807, 2.05) is 12.1 Å². The molecule has 0 radical (unpaired) electrons. The van der Waals surface area contributed by atoms with Crippen LogP contribution in [-0.2, 0) is 11.2 Å². The van der Waals surface area contributed by atoms with Gasteiger partial charge >= 0.3 is 0 Å². The largest absolute Gasteiger partial charge is 0.469 e. The van der Waals surface area contributed by atoms with E-state index in [1.165, 1.54) is 12.8 Å². The molecule has 1 aliphatic heterocycles. The Morgan fingerprint density at radius 2 is 2.33 bits per heavy atom. The minimum Gasteiger partial charge on any atom is -0.469 e. The van der Waals surface area contributed by atoms with Crippen molar-refractivity contribution in [1.29, 1.82) is 0 Å². The Morgan fingerprint density at radius 1 is 1.43 bits per heavy atom. The highest BCUT2D eigenvalue weighted by atomic mass is 16.5. The monoisotopic (exact) mass is 293 g/mol. The lowest BCUT2D eigenvalue weighted by atomic mass is 10.1. The number of hydrogen-bond donors (Lipinski definition) is 2. The topological polar surface area (TPSA) is 58.8 Å². The standard InChI is InChI=1S/C16H27N3O2/c1-13(2)19-16(17-9-8-14-7-5-11-20-14)18-12-15-6-3-4-10-21-15/h5,7,11,13,15H,3-4,6,8-10,12H2,1-2H3,(H2,17,18,19). The SMILES string of the molecule is CC(C)NC(=NCC1CCCCO1)NCCc1ccco1. The fourth-order valence-corrected chi connectivity index (χ4v) is 2.33. The zero-order valence-corrected chi connectivity index (χ0v) is 13.1. The van der Waals surface area contributed by atoms with Crippen molar-refractivity contribution in [2.75, 3.05) is 19.7 Å². The summed E-state index contributed by atoms with van der Waals surface area (Å²) in [4.78, 5) is 4.65. The Morgan fingerprint density at radius 3 is 3.00 bits per heavy atom. The second-order valence-electron chi connectivity index (χ2n) is 5.73. The van der Waals surface area contributed by atoms with Crippen molar-refractivity contribution < 1.29 is 9.15 Å². The lowest BCUT2D eigenvalue weighted by Crippen LogP contribution is -2.42. The van der Waals surface area contributed by atoms with Crippen LogP contribution >= 0.6 is 0 Å². The molecule has 1 atom stereocenters. The number of rotatable bonds is 6. The van der Waals surface area contributed by atoms with Gasteiger partial charge in [0, 0.05) is 25.6 Å². The highest BCUT2D eigenvalue weighted by Crippen LogP contribution is 2.12. The van der Waals surface area contributed by atoms with Gasteiger partial charge in [-0.05, 0) is 45.2 Å². The van der Waals surface area contributed by atoms with Crippen molar-refractivity contribution in [3.8, 4) is 0 Å². The number of nitrogens with one attached hydrogen (secondary N) is 2. The third-order valence-electron chi connectivity index (χ3n) is 3.40. The summed E-state index contributed by atoms with van der Waals surface area (Å²) in [5.41, 5.74) is 0. The van der Waals surface area contributed by atoms with Crippen molar-refractivity contribution >= 4 is 5.96 Å². The molecule has 2 heterocycles. The smallest absolute Gasteiger partial charge is 0.191 e. The van der Waals surface area contributed by atoms with Gasteiger partial charge in [0.15, 0.2) is 5.96 Å². The molecule has 1 unspecified atom stereocenters. The number of furan rings is 1. The van der Waals surface area contributed by atoms with Crippen LogP contribution < -0.4 is 10.6 Å². The lowest BCUT2D eigenvalue weighted by Gasteiger charge is -2.22. The highest BCUT2D eigenvalue weighted by Gasteiger charge is 2.13. The van der Waals surface area contributed by atoms with Gasteiger partial charge in [0.2, 0.25) is 0 Å². The van der Waals surface area contributed by atoms with Gasteiger partial charge in [0.25, 0.3) is 0 Å². The molecular formula is C16H27N3O2. The van der Waals surface area contributed by atoms with Crippen LogP contribution in [0.5, 0.6) is 0 Å². The summed E-state index contributed by atoms with van der Waals surface area (Å²) in [6.07, 6.45) is 6.38. The van der Waals surface area contributed by atoms with Gasteiger partial charge in [0.05, 0.1) is 18.9 Å². The second kappa shape index (κ2) is 8.72. The van der Waals surface area contributed by atoms with E-state index >= 15 is 0 Å². The van der Waals surface area contributed by atoms with E-state index in [2.05, 4.69) is 29.5 Å². The molecule has 2 rings (SSSR count). The van der Waals surface area contributed by atoms with Crippen LogP contribution in [0.25, 0.3) is 0 Å². The van der Waals surface area contributed by atoms with E-state index in [9.17, 15) is 0 Å². The molecule has 1 aliphatic rings. The Kier molecular flexibility index (Phi) is 6.60. The molecule has 1 fully saturated rings. The Balaban J connectivity index is 1.78. The van der Waals surface area contributed by atoms with Crippen molar-refractivity contribution in [2.24, 2.45) is 4.99 Å². The summed E-state index contributed by atoms with van der Waals surface area (Å²) in [5, 5.41) is 6.70. The third-order valence-corrected chi connectivity index (χ3v) is 3.40. The molecule has 0 saturated carbocycles. The van der Waals surface area contributed by atoms with Crippen molar-refractivity contribution in [1.82, 2.24) is 10.6 Å². The third kappa shape index (κ3) is 6.21. The van der Waals surface area contributed by atoms with Crippen molar-refractivity contribution in [2.45, 2.75) is 51.7 Å². The summed E-state index contributed by atoms with van der Waals surface area (Å²) in [6, 6.07) is 4.26. The summed E-state index contributed by atoms with van der Waals surface area (Å²) in [6.45, 7) is 6.63. The van der Waals surface area contributed by atoms with E-state index in [1.54, 1.807) is 6.26 Å². The van der Waals surface area contributed by atoms with Gasteiger partial charge in [-0.25, -0.2) is 0 Å². The molecule has 118 valence electrons. The molecular weight excluding hydrogens is 266 g/mol. The first kappa shape index (κ1) is 15.9. The predicted molar refractivity (Wildman–Crippen MR) is 84.6 cm³/mol.